The number of aliphatic hydroxyl groups is 2. The van der Waals surface area contributed by atoms with Crippen molar-refractivity contribution < 1.29 is 10.2 Å². The highest BCUT2D eigenvalue weighted by molar-refractivity contribution is 5.52. The first-order valence-electron chi connectivity index (χ1n) is 6.33. The van der Waals surface area contributed by atoms with Crippen LogP contribution in [0.15, 0.2) is 48.5 Å². The molecule has 0 aliphatic heterocycles. The maximum Gasteiger partial charge on any atom is 0.0868 e. The molecule has 90 valence electrons. The number of hydrogen-bond acceptors (Lipinski definition) is 2. The van der Waals surface area contributed by atoms with Crippen molar-refractivity contribution in [2.24, 2.45) is 0 Å². The van der Waals surface area contributed by atoms with E-state index in [4.69, 9.17) is 0 Å². The van der Waals surface area contributed by atoms with Gasteiger partial charge in [0.1, 0.15) is 0 Å². The van der Waals surface area contributed by atoms with Crippen LogP contribution in [-0.4, -0.2) is 10.2 Å². The third-order valence-corrected chi connectivity index (χ3v) is 4.41. The maximum atomic E-state index is 10.5. The number of hydrogen-bond donors (Lipinski definition) is 2. The summed E-state index contributed by atoms with van der Waals surface area (Å²) in [5, 5.41) is 21.0. The van der Waals surface area contributed by atoms with Gasteiger partial charge in [-0.1, -0.05) is 48.5 Å². The Hall–Kier alpha value is -1.64. The van der Waals surface area contributed by atoms with Gasteiger partial charge in [-0.05, 0) is 22.3 Å². The van der Waals surface area contributed by atoms with Gasteiger partial charge in [-0.3, -0.25) is 0 Å². The van der Waals surface area contributed by atoms with E-state index in [0.717, 1.165) is 22.3 Å². The molecule has 2 heteroatoms. The normalized spacial score (nSPS) is 31.9. The molecule has 2 aliphatic rings. The van der Waals surface area contributed by atoms with E-state index in [-0.39, 0.29) is 11.8 Å². The summed E-state index contributed by atoms with van der Waals surface area (Å²) >= 11 is 0. The molecule has 0 saturated heterocycles. The van der Waals surface area contributed by atoms with Crippen LogP contribution >= 0.6 is 0 Å². The second-order valence-corrected chi connectivity index (χ2v) is 5.20. The SMILES string of the molecule is O[C@@H]1c2ccccc2[C@H]2[C@H]1c1ccccc1[C@@H]2O. The van der Waals surface area contributed by atoms with Crippen molar-refractivity contribution in [3.8, 4) is 0 Å². The van der Waals surface area contributed by atoms with Gasteiger partial charge in [0, 0.05) is 11.8 Å². The lowest BCUT2D eigenvalue weighted by Crippen LogP contribution is -2.07. The lowest BCUT2D eigenvalue weighted by atomic mass is 9.91. The Morgan fingerprint density at radius 2 is 0.889 bits per heavy atom. The molecule has 4 rings (SSSR count). The van der Waals surface area contributed by atoms with E-state index < -0.39 is 12.2 Å². The minimum Gasteiger partial charge on any atom is -0.388 e. The molecule has 2 N–H and O–H groups in total. The third kappa shape index (κ3) is 1.10. The van der Waals surface area contributed by atoms with Crippen molar-refractivity contribution in [2.45, 2.75) is 24.0 Å². The quantitative estimate of drug-likeness (QED) is 0.740. The molecule has 18 heavy (non-hydrogen) atoms. The van der Waals surface area contributed by atoms with E-state index in [9.17, 15) is 10.2 Å². The predicted molar refractivity (Wildman–Crippen MR) is 68.3 cm³/mol. The van der Waals surface area contributed by atoms with Gasteiger partial charge in [0.2, 0.25) is 0 Å². The van der Waals surface area contributed by atoms with Crippen LogP contribution in [0.4, 0.5) is 0 Å². The van der Waals surface area contributed by atoms with Gasteiger partial charge in [0.05, 0.1) is 12.2 Å². The predicted octanol–water partition coefficient (Wildman–Crippen LogP) is 2.65. The molecule has 2 aliphatic carbocycles. The largest absolute Gasteiger partial charge is 0.388 e. The summed E-state index contributed by atoms with van der Waals surface area (Å²) in [5.41, 5.74) is 4.14. The van der Waals surface area contributed by atoms with Gasteiger partial charge in [0.25, 0.3) is 0 Å². The molecular weight excluding hydrogens is 224 g/mol. The summed E-state index contributed by atoms with van der Waals surface area (Å²) in [6.45, 7) is 0. The Kier molecular flexibility index (Phi) is 1.97. The molecule has 0 spiro atoms. The van der Waals surface area contributed by atoms with Gasteiger partial charge in [-0.2, -0.15) is 0 Å². The van der Waals surface area contributed by atoms with E-state index in [0.29, 0.717) is 0 Å². The average Bonchev–Trinajstić information content (AvgIpc) is 2.87. The summed E-state index contributed by atoms with van der Waals surface area (Å²) < 4.78 is 0. The molecule has 0 saturated carbocycles. The Balaban J connectivity index is 1.95. The molecule has 2 nitrogen and oxygen atoms in total. The lowest BCUT2D eigenvalue weighted by Gasteiger charge is -2.16. The van der Waals surface area contributed by atoms with Crippen molar-refractivity contribution in [1.29, 1.82) is 0 Å². The van der Waals surface area contributed by atoms with E-state index in [1.165, 1.54) is 0 Å². The van der Waals surface area contributed by atoms with Crippen LogP contribution in [-0.2, 0) is 0 Å². The van der Waals surface area contributed by atoms with Gasteiger partial charge in [-0.25, -0.2) is 0 Å². The van der Waals surface area contributed by atoms with Crippen molar-refractivity contribution in [3.63, 3.8) is 0 Å². The van der Waals surface area contributed by atoms with Crippen LogP contribution in [0.5, 0.6) is 0 Å². The van der Waals surface area contributed by atoms with E-state index in [2.05, 4.69) is 0 Å². The molecule has 0 unspecified atom stereocenters. The molecule has 0 fully saturated rings. The third-order valence-electron chi connectivity index (χ3n) is 4.41. The minimum atomic E-state index is -0.496. The molecule has 0 aromatic heterocycles. The first kappa shape index (κ1) is 10.3. The molecule has 4 atom stereocenters. The molecule has 0 radical (unpaired) electrons. The first-order chi connectivity index (χ1) is 8.79. The molecule has 0 bridgehead atoms. The lowest BCUT2D eigenvalue weighted by molar-refractivity contribution is 0.110. The van der Waals surface area contributed by atoms with E-state index in [1.807, 2.05) is 48.5 Å². The summed E-state index contributed by atoms with van der Waals surface area (Å²) in [6, 6.07) is 15.8. The smallest absolute Gasteiger partial charge is 0.0868 e. The fraction of sp³-hybridized carbons (Fsp3) is 0.250. The van der Waals surface area contributed by atoms with Gasteiger partial charge in [0.15, 0.2) is 0 Å². The number of benzene rings is 2. The van der Waals surface area contributed by atoms with Gasteiger partial charge < -0.3 is 10.2 Å². The van der Waals surface area contributed by atoms with Crippen LogP contribution in [0, 0.1) is 0 Å². The first-order valence-corrected chi connectivity index (χ1v) is 6.33. The standard InChI is InChI=1S/C16H14O2/c17-15-11-7-3-1-5-9(11)13-14(15)10-6-2-4-8-12(10)16(13)18/h1-8,13-18H/t13-,14+,15+,16-. The van der Waals surface area contributed by atoms with Crippen LogP contribution in [0.3, 0.4) is 0 Å². The zero-order valence-corrected chi connectivity index (χ0v) is 9.82. The Morgan fingerprint density at radius 3 is 1.28 bits per heavy atom. The topological polar surface area (TPSA) is 40.5 Å². The van der Waals surface area contributed by atoms with E-state index >= 15 is 0 Å². The Labute approximate surface area is 106 Å². The number of rotatable bonds is 0. The maximum absolute atomic E-state index is 10.5. The Morgan fingerprint density at radius 1 is 0.556 bits per heavy atom. The van der Waals surface area contributed by atoms with Crippen molar-refractivity contribution in [2.75, 3.05) is 0 Å². The monoisotopic (exact) mass is 238 g/mol. The van der Waals surface area contributed by atoms with Crippen molar-refractivity contribution >= 4 is 0 Å². The average molecular weight is 238 g/mol. The number of aliphatic hydroxyl groups excluding tert-OH is 2. The van der Waals surface area contributed by atoms with Crippen LogP contribution in [0.25, 0.3) is 0 Å². The molecule has 2 aromatic carbocycles. The summed E-state index contributed by atoms with van der Waals surface area (Å²) in [7, 11) is 0. The summed E-state index contributed by atoms with van der Waals surface area (Å²) in [4.78, 5) is 0. The highest BCUT2D eigenvalue weighted by atomic mass is 16.3. The fourth-order valence-electron chi connectivity index (χ4n) is 3.67. The van der Waals surface area contributed by atoms with Crippen molar-refractivity contribution in [1.82, 2.24) is 0 Å². The fourth-order valence-corrected chi connectivity index (χ4v) is 3.67. The number of fused-ring (bicyclic) bond motifs is 5. The van der Waals surface area contributed by atoms with Gasteiger partial charge >= 0.3 is 0 Å². The van der Waals surface area contributed by atoms with Crippen LogP contribution in [0.1, 0.15) is 46.3 Å². The molecule has 2 aromatic rings. The summed E-state index contributed by atoms with van der Waals surface area (Å²) in [6.07, 6.45) is -0.992. The Bertz CT molecular complexity index is 564. The molecule has 0 heterocycles. The molecular formula is C16H14O2. The summed E-state index contributed by atoms with van der Waals surface area (Å²) in [5.74, 6) is 0.0159. The van der Waals surface area contributed by atoms with Crippen molar-refractivity contribution in [3.05, 3.63) is 70.8 Å². The molecule has 0 amide bonds. The second kappa shape index (κ2) is 3.44. The van der Waals surface area contributed by atoms with E-state index in [1.54, 1.807) is 0 Å². The van der Waals surface area contributed by atoms with Crippen LogP contribution in [0.2, 0.25) is 0 Å². The highest BCUT2D eigenvalue weighted by Gasteiger charge is 2.49. The zero-order valence-electron chi connectivity index (χ0n) is 9.82. The highest BCUT2D eigenvalue weighted by Crippen LogP contribution is 2.61. The minimum absolute atomic E-state index is 0.00796. The zero-order chi connectivity index (χ0) is 12.3. The van der Waals surface area contributed by atoms with Gasteiger partial charge in [-0.15, -0.1) is 0 Å². The second-order valence-electron chi connectivity index (χ2n) is 5.20. The van der Waals surface area contributed by atoms with Crippen LogP contribution < -0.4 is 0 Å².